The molecule has 146 valence electrons. The van der Waals surface area contributed by atoms with Gasteiger partial charge < -0.3 is 19.7 Å². The summed E-state index contributed by atoms with van der Waals surface area (Å²) < 4.78 is 5.31. The van der Waals surface area contributed by atoms with Crippen molar-refractivity contribution in [2.24, 2.45) is 5.92 Å². The molecule has 0 bridgehead atoms. The van der Waals surface area contributed by atoms with Crippen LogP contribution < -0.4 is 15.8 Å². The van der Waals surface area contributed by atoms with Crippen LogP contribution in [0.1, 0.15) is 30.9 Å². The molecular weight excluding hydrogens is 352 g/mol. The molecular formula is C23H26N2O3. The molecule has 3 aromatic rings. The summed E-state index contributed by atoms with van der Waals surface area (Å²) in [5, 5.41) is 14.1. The molecule has 2 N–H and O–H groups in total. The molecule has 0 amide bonds. The van der Waals surface area contributed by atoms with Crippen molar-refractivity contribution in [1.29, 1.82) is 0 Å². The number of rotatable bonds is 4. The van der Waals surface area contributed by atoms with Gasteiger partial charge in [-0.15, -0.1) is 0 Å². The van der Waals surface area contributed by atoms with Gasteiger partial charge >= 0.3 is 5.63 Å². The number of hydrogen-bond acceptors (Lipinski definition) is 5. The van der Waals surface area contributed by atoms with Gasteiger partial charge in [0, 0.05) is 48.0 Å². The molecule has 2 heterocycles. The predicted molar refractivity (Wildman–Crippen MR) is 113 cm³/mol. The van der Waals surface area contributed by atoms with Crippen LogP contribution >= 0.6 is 0 Å². The maximum absolute atomic E-state index is 11.9. The number of benzene rings is 2. The van der Waals surface area contributed by atoms with E-state index in [4.69, 9.17) is 4.42 Å². The van der Waals surface area contributed by atoms with Crippen molar-refractivity contribution in [2.75, 3.05) is 23.3 Å². The first kappa shape index (κ1) is 18.4. The fourth-order valence-corrected chi connectivity index (χ4v) is 3.82. The van der Waals surface area contributed by atoms with Crippen LogP contribution in [0.15, 0.2) is 51.7 Å². The number of anilines is 2. The number of aromatic hydroxyl groups is 1. The Morgan fingerprint density at radius 1 is 1.14 bits per heavy atom. The van der Waals surface area contributed by atoms with E-state index in [9.17, 15) is 9.90 Å². The molecule has 1 saturated heterocycles. The molecule has 0 radical (unpaired) electrons. The number of fused-ring (bicyclic) bond motifs is 1. The van der Waals surface area contributed by atoms with E-state index in [2.05, 4.69) is 41.4 Å². The van der Waals surface area contributed by atoms with E-state index in [1.165, 1.54) is 24.6 Å². The van der Waals surface area contributed by atoms with Crippen molar-refractivity contribution < 1.29 is 9.52 Å². The Kier molecular flexibility index (Phi) is 4.99. The minimum absolute atomic E-state index is 0.128. The van der Waals surface area contributed by atoms with Crippen molar-refractivity contribution in [3.8, 4) is 5.75 Å². The quantitative estimate of drug-likeness (QED) is 0.647. The fourth-order valence-electron chi connectivity index (χ4n) is 3.82. The summed E-state index contributed by atoms with van der Waals surface area (Å²) in [6.07, 6.45) is 2.50. The summed E-state index contributed by atoms with van der Waals surface area (Å²) in [6.45, 7) is 6.81. The molecule has 1 aromatic heterocycles. The molecule has 2 aromatic carbocycles. The first-order chi connectivity index (χ1) is 13.5. The van der Waals surface area contributed by atoms with Crippen molar-refractivity contribution >= 4 is 22.3 Å². The lowest BCUT2D eigenvalue weighted by Gasteiger charge is -2.32. The van der Waals surface area contributed by atoms with Gasteiger partial charge in [0.25, 0.3) is 0 Å². The molecule has 0 unspecified atom stereocenters. The number of phenols is 1. The average Bonchev–Trinajstić information content (AvgIpc) is 2.70. The molecule has 5 heteroatoms. The highest BCUT2D eigenvalue weighted by Gasteiger charge is 2.16. The van der Waals surface area contributed by atoms with Gasteiger partial charge in [0.1, 0.15) is 11.3 Å². The Morgan fingerprint density at radius 2 is 1.86 bits per heavy atom. The number of phenolic OH excluding ortho intramolecular Hbond substituents is 1. The van der Waals surface area contributed by atoms with E-state index in [0.717, 1.165) is 35.6 Å². The minimum Gasteiger partial charge on any atom is -0.508 e. The first-order valence-electron chi connectivity index (χ1n) is 9.85. The van der Waals surface area contributed by atoms with Gasteiger partial charge in [-0.3, -0.25) is 0 Å². The summed E-state index contributed by atoms with van der Waals surface area (Å²) in [4.78, 5) is 14.4. The highest BCUT2D eigenvalue weighted by Crippen LogP contribution is 2.28. The topological polar surface area (TPSA) is 65.7 Å². The van der Waals surface area contributed by atoms with Gasteiger partial charge in [0.05, 0.1) is 0 Å². The molecule has 5 nitrogen and oxygen atoms in total. The van der Waals surface area contributed by atoms with Gasteiger partial charge in [0.2, 0.25) is 0 Å². The third-order valence-corrected chi connectivity index (χ3v) is 5.72. The zero-order valence-corrected chi connectivity index (χ0v) is 16.4. The fraction of sp³-hybridized carbons (Fsp3) is 0.348. The van der Waals surface area contributed by atoms with Gasteiger partial charge in [-0.25, -0.2) is 4.79 Å². The third kappa shape index (κ3) is 3.70. The van der Waals surface area contributed by atoms with E-state index in [-0.39, 0.29) is 5.75 Å². The molecule has 0 aliphatic carbocycles. The lowest BCUT2D eigenvalue weighted by molar-refractivity contribution is 0.438. The average molecular weight is 378 g/mol. The Bertz CT molecular complexity index is 1030. The summed E-state index contributed by atoms with van der Waals surface area (Å²) in [5.74, 6) is 0.949. The first-order valence-corrected chi connectivity index (χ1v) is 9.85. The smallest absolute Gasteiger partial charge is 0.336 e. The Morgan fingerprint density at radius 3 is 2.57 bits per heavy atom. The number of piperidine rings is 1. The molecule has 0 spiro atoms. The molecule has 4 rings (SSSR count). The maximum Gasteiger partial charge on any atom is 0.336 e. The summed E-state index contributed by atoms with van der Waals surface area (Å²) in [7, 11) is 0. The zero-order valence-electron chi connectivity index (χ0n) is 16.4. The zero-order chi connectivity index (χ0) is 19.7. The predicted octanol–water partition coefficient (Wildman–Crippen LogP) is 4.66. The molecule has 1 aliphatic rings. The van der Waals surface area contributed by atoms with Gasteiger partial charge in [-0.05, 0) is 67.6 Å². The van der Waals surface area contributed by atoms with Crippen molar-refractivity contribution in [3.63, 3.8) is 0 Å². The number of hydrogen-bond donors (Lipinski definition) is 2. The monoisotopic (exact) mass is 378 g/mol. The van der Waals surface area contributed by atoms with Gasteiger partial charge in [0.15, 0.2) is 0 Å². The van der Waals surface area contributed by atoms with Gasteiger partial charge in [-0.1, -0.05) is 6.92 Å². The molecule has 1 fully saturated rings. The maximum atomic E-state index is 11.9. The second-order valence-corrected chi connectivity index (χ2v) is 7.75. The SMILES string of the molecule is Cc1c(O)ccc2c(CNc3ccc(N4CCC(C)CC4)cc3)cc(=O)oc12. The van der Waals surface area contributed by atoms with E-state index >= 15 is 0 Å². The third-order valence-electron chi connectivity index (χ3n) is 5.72. The lowest BCUT2D eigenvalue weighted by Crippen LogP contribution is -2.32. The lowest BCUT2D eigenvalue weighted by atomic mass is 9.99. The van der Waals surface area contributed by atoms with Gasteiger partial charge in [-0.2, -0.15) is 0 Å². The summed E-state index contributed by atoms with van der Waals surface area (Å²) in [6, 6.07) is 13.4. The van der Waals surface area contributed by atoms with E-state index in [0.29, 0.717) is 17.7 Å². The van der Waals surface area contributed by atoms with Crippen LogP contribution in [0.2, 0.25) is 0 Å². The van der Waals surface area contributed by atoms with Crippen LogP contribution in [0.5, 0.6) is 5.75 Å². The van der Waals surface area contributed by atoms with Crippen molar-refractivity contribution in [1.82, 2.24) is 0 Å². The van der Waals surface area contributed by atoms with Crippen LogP contribution in [-0.4, -0.2) is 18.2 Å². The largest absolute Gasteiger partial charge is 0.508 e. The Hall–Kier alpha value is -2.95. The molecule has 1 aliphatic heterocycles. The van der Waals surface area contributed by atoms with E-state index < -0.39 is 5.63 Å². The summed E-state index contributed by atoms with van der Waals surface area (Å²) >= 11 is 0. The Balaban J connectivity index is 1.50. The normalized spacial score (nSPS) is 15.1. The van der Waals surface area contributed by atoms with Crippen LogP contribution in [0, 0.1) is 12.8 Å². The highest BCUT2D eigenvalue weighted by atomic mass is 16.4. The molecule has 0 saturated carbocycles. The van der Waals surface area contributed by atoms with Crippen LogP contribution in [-0.2, 0) is 6.54 Å². The molecule has 0 atom stereocenters. The summed E-state index contributed by atoms with van der Waals surface area (Å²) in [5.41, 5.74) is 3.73. The second-order valence-electron chi connectivity index (χ2n) is 7.75. The van der Waals surface area contributed by atoms with E-state index in [1.807, 2.05) is 0 Å². The Labute approximate surface area is 164 Å². The number of nitrogens with zero attached hydrogens (tertiary/aromatic N) is 1. The van der Waals surface area contributed by atoms with Crippen molar-refractivity contribution in [2.45, 2.75) is 33.2 Å². The van der Waals surface area contributed by atoms with Crippen LogP contribution in [0.3, 0.4) is 0 Å². The highest BCUT2D eigenvalue weighted by molar-refractivity contribution is 5.85. The number of nitrogens with one attached hydrogen (secondary N) is 1. The minimum atomic E-state index is -0.410. The van der Waals surface area contributed by atoms with Crippen LogP contribution in [0.4, 0.5) is 11.4 Å². The van der Waals surface area contributed by atoms with Crippen LogP contribution in [0.25, 0.3) is 11.0 Å². The number of aryl methyl sites for hydroxylation is 1. The van der Waals surface area contributed by atoms with E-state index in [1.54, 1.807) is 19.1 Å². The molecule has 28 heavy (non-hydrogen) atoms. The van der Waals surface area contributed by atoms with Crippen molar-refractivity contribution in [3.05, 3.63) is 64.0 Å². The standard InChI is InChI=1S/C23H26N2O3/c1-15-9-11-25(12-10-15)19-5-3-18(4-6-19)24-14-17-13-22(27)28-23-16(2)21(26)8-7-20(17)23/h3-8,13,15,24,26H,9-12,14H2,1-2H3. The second kappa shape index (κ2) is 7.58.